The van der Waals surface area contributed by atoms with Crippen LogP contribution in [0.5, 0.6) is 0 Å². The Morgan fingerprint density at radius 2 is 2.26 bits per heavy atom. The van der Waals surface area contributed by atoms with E-state index in [9.17, 15) is 4.79 Å². The third-order valence-corrected chi connectivity index (χ3v) is 3.60. The maximum atomic E-state index is 12.6. The lowest BCUT2D eigenvalue weighted by molar-refractivity contribution is 0.0749. The van der Waals surface area contributed by atoms with Crippen molar-refractivity contribution in [3.8, 4) is 0 Å². The van der Waals surface area contributed by atoms with Gasteiger partial charge in [-0.1, -0.05) is 0 Å². The van der Waals surface area contributed by atoms with Crippen molar-refractivity contribution < 1.29 is 4.79 Å². The van der Waals surface area contributed by atoms with Crippen LogP contribution in [0.1, 0.15) is 41.5 Å². The molecule has 1 aliphatic rings. The molecule has 1 amide bonds. The number of hydrogen-bond donors (Lipinski definition) is 1. The Balaban J connectivity index is 2.12. The molecule has 0 radical (unpaired) electrons. The number of aromatic nitrogens is 2. The van der Waals surface area contributed by atoms with Crippen LogP contribution in [-0.4, -0.2) is 46.7 Å². The molecule has 1 aromatic rings. The Bertz CT molecular complexity index is 455. The number of likely N-dealkylation sites (N-methyl/N-ethyl adjacent to an activating group) is 1. The van der Waals surface area contributed by atoms with Crippen molar-refractivity contribution in [1.29, 1.82) is 0 Å². The molecule has 0 aliphatic carbocycles. The summed E-state index contributed by atoms with van der Waals surface area (Å²) in [6, 6.07) is 2.26. The molecule has 0 saturated carbocycles. The van der Waals surface area contributed by atoms with E-state index in [4.69, 9.17) is 0 Å². The van der Waals surface area contributed by atoms with Crippen LogP contribution < -0.4 is 5.32 Å². The minimum absolute atomic E-state index is 0.0618. The van der Waals surface area contributed by atoms with E-state index < -0.39 is 0 Å². The summed E-state index contributed by atoms with van der Waals surface area (Å²) in [7, 11) is 0. The third kappa shape index (κ3) is 3.29. The SMILES string of the molecule is CCN(CC1CCCN1)C(=O)c1cc(C)nnc1C. The maximum Gasteiger partial charge on any atom is 0.255 e. The molecule has 1 saturated heterocycles. The van der Waals surface area contributed by atoms with Crippen LogP contribution in [0.3, 0.4) is 0 Å². The predicted molar refractivity (Wildman–Crippen MR) is 74.1 cm³/mol. The average Bonchev–Trinajstić information content (AvgIpc) is 2.91. The summed E-state index contributed by atoms with van der Waals surface area (Å²) in [5, 5.41) is 11.4. The zero-order chi connectivity index (χ0) is 13.8. The normalized spacial score (nSPS) is 18.6. The van der Waals surface area contributed by atoms with E-state index >= 15 is 0 Å². The quantitative estimate of drug-likeness (QED) is 0.889. The molecular formula is C14H22N4O. The molecule has 1 aromatic heterocycles. The topological polar surface area (TPSA) is 58.1 Å². The highest BCUT2D eigenvalue weighted by molar-refractivity contribution is 5.95. The number of rotatable bonds is 4. The van der Waals surface area contributed by atoms with Crippen molar-refractivity contribution >= 4 is 5.91 Å². The third-order valence-electron chi connectivity index (χ3n) is 3.60. The summed E-state index contributed by atoms with van der Waals surface area (Å²) in [5.74, 6) is 0.0618. The number of carbonyl (C=O) groups excluding carboxylic acids is 1. The lowest BCUT2D eigenvalue weighted by atomic mass is 10.1. The van der Waals surface area contributed by atoms with E-state index in [-0.39, 0.29) is 5.91 Å². The fourth-order valence-electron chi connectivity index (χ4n) is 2.47. The first-order valence-corrected chi connectivity index (χ1v) is 6.95. The Hall–Kier alpha value is -1.49. The van der Waals surface area contributed by atoms with Gasteiger partial charge in [0.15, 0.2) is 0 Å². The van der Waals surface area contributed by atoms with Crippen LogP contribution in [0.4, 0.5) is 0 Å². The molecule has 1 unspecified atom stereocenters. The first-order chi connectivity index (χ1) is 9.11. The molecule has 1 aliphatic heterocycles. The van der Waals surface area contributed by atoms with Crippen molar-refractivity contribution in [1.82, 2.24) is 20.4 Å². The Morgan fingerprint density at radius 1 is 1.47 bits per heavy atom. The van der Waals surface area contributed by atoms with Gasteiger partial charge in [0, 0.05) is 19.1 Å². The van der Waals surface area contributed by atoms with E-state index in [1.807, 2.05) is 31.7 Å². The van der Waals surface area contributed by atoms with Crippen molar-refractivity contribution in [2.45, 2.75) is 39.7 Å². The lowest BCUT2D eigenvalue weighted by Crippen LogP contribution is -2.41. The van der Waals surface area contributed by atoms with E-state index in [1.54, 1.807) is 0 Å². The molecule has 1 fully saturated rings. The van der Waals surface area contributed by atoms with Gasteiger partial charge in [-0.05, 0) is 46.2 Å². The van der Waals surface area contributed by atoms with Crippen LogP contribution in [-0.2, 0) is 0 Å². The van der Waals surface area contributed by atoms with E-state index in [2.05, 4.69) is 15.5 Å². The molecule has 2 rings (SSSR count). The first-order valence-electron chi connectivity index (χ1n) is 6.95. The fourth-order valence-corrected chi connectivity index (χ4v) is 2.47. The molecule has 0 spiro atoms. The highest BCUT2D eigenvalue weighted by Gasteiger charge is 2.22. The maximum absolute atomic E-state index is 12.6. The zero-order valence-corrected chi connectivity index (χ0v) is 11.9. The molecule has 0 bridgehead atoms. The van der Waals surface area contributed by atoms with Gasteiger partial charge < -0.3 is 10.2 Å². The monoisotopic (exact) mass is 262 g/mol. The van der Waals surface area contributed by atoms with Crippen molar-refractivity contribution in [2.75, 3.05) is 19.6 Å². The number of carbonyl (C=O) groups is 1. The Morgan fingerprint density at radius 3 is 2.89 bits per heavy atom. The van der Waals surface area contributed by atoms with Crippen LogP contribution in [0.15, 0.2) is 6.07 Å². The van der Waals surface area contributed by atoms with Crippen molar-refractivity contribution in [2.24, 2.45) is 0 Å². The van der Waals surface area contributed by atoms with Gasteiger partial charge in [-0.2, -0.15) is 10.2 Å². The number of nitrogens with zero attached hydrogens (tertiary/aromatic N) is 3. The second-order valence-corrected chi connectivity index (χ2v) is 5.12. The summed E-state index contributed by atoms with van der Waals surface area (Å²) in [5.41, 5.74) is 2.16. The minimum atomic E-state index is 0.0618. The highest BCUT2D eigenvalue weighted by Crippen LogP contribution is 2.12. The van der Waals surface area contributed by atoms with Gasteiger partial charge >= 0.3 is 0 Å². The fraction of sp³-hybridized carbons (Fsp3) is 0.643. The molecule has 5 nitrogen and oxygen atoms in total. The van der Waals surface area contributed by atoms with Crippen molar-refractivity contribution in [3.63, 3.8) is 0 Å². The van der Waals surface area contributed by atoms with Crippen LogP contribution in [0, 0.1) is 13.8 Å². The molecular weight excluding hydrogens is 240 g/mol. The average molecular weight is 262 g/mol. The molecule has 104 valence electrons. The molecule has 0 aromatic carbocycles. The molecule has 5 heteroatoms. The number of aryl methyl sites for hydroxylation is 2. The van der Waals surface area contributed by atoms with E-state index in [0.29, 0.717) is 17.3 Å². The molecule has 2 heterocycles. The molecule has 1 N–H and O–H groups in total. The summed E-state index contributed by atoms with van der Waals surface area (Å²) >= 11 is 0. The van der Waals surface area contributed by atoms with Gasteiger partial charge in [-0.25, -0.2) is 0 Å². The second-order valence-electron chi connectivity index (χ2n) is 5.12. The zero-order valence-electron chi connectivity index (χ0n) is 11.9. The number of amides is 1. The largest absolute Gasteiger partial charge is 0.337 e. The van der Waals surface area contributed by atoms with Gasteiger partial charge in [0.05, 0.1) is 17.0 Å². The van der Waals surface area contributed by atoms with Gasteiger partial charge in [0.1, 0.15) is 0 Å². The van der Waals surface area contributed by atoms with Gasteiger partial charge in [-0.3, -0.25) is 4.79 Å². The highest BCUT2D eigenvalue weighted by atomic mass is 16.2. The smallest absolute Gasteiger partial charge is 0.255 e. The van der Waals surface area contributed by atoms with Crippen LogP contribution >= 0.6 is 0 Å². The first kappa shape index (κ1) is 13.9. The predicted octanol–water partition coefficient (Wildman–Crippen LogP) is 1.31. The van der Waals surface area contributed by atoms with Gasteiger partial charge in [0.25, 0.3) is 5.91 Å². The Labute approximate surface area is 114 Å². The van der Waals surface area contributed by atoms with Crippen molar-refractivity contribution in [3.05, 3.63) is 23.0 Å². The van der Waals surface area contributed by atoms with E-state index in [1.165, 1.54) is 6.42 Å². The van der Waals surface area contributed by atoms with E-state index in [0.717, 1.165) is 31.7 Å². The summed E-state index contributed by atoms with van der Waals surface area (Å²) in [4.78, 5) is 14.5. The molecule has 1 atom stereocenters. The molecule has 19 heavy (non-hydrogen) atoms. The summed E-state index contributed by atoms with van der Waals surface area (Å²) < 4.78 is 0. The standard InChI is InChI=1S/C14H22N4O/c1-4-18(9-12-6-5-7-15-12)14(19)13-8-10(2)16-17-11(13)3/h8,12,15H,4-7,9H2,1-3H3. The summed E-state index contributed by atoms with van der Waals surface area (Å²) in [6.45, 7) is 8.27. The number of nitrogens with one attached hydrogen (secondary N) is 1. The number of hydrogen-bond acceptors (Lipinski definition) is 4. The van der Waals surface area contributed by atoms with Gasteiger partial charge in [-0.15, -0.1) is 0 Å². The van der Waals surface area contributed by atoms with Gasteiger partial charge in [0.2, 0.25) is 0 Å². The Kier molecular flexibility index (Phi) is 4.47. The van der Waals surface area contributed by atoms with Crippen LogP contribution in [0.2, 0.25) is 0 Å². The second kappa shape index (κ2) is 6.10. The summed E-state index contributed by atoms with van der Waals surface area (Å²) in [6.07, 6.45) is 2.35. The minimum Gasteiger partial charge on any atom is -0.337 e. The van der Waals surface area contributed by atoms with Crippen LogP contribution in [0.25, 0.3) is 0 Å². The lowest BCUT2D eigenvalue weighted by Gasteiger charge is -2.25.